The van der Waals surface area contributed by atoms with Crippen LogP contribution in [0.3, 0.4) is 0 Å². The zero-order chi connectivity index (χ0) is 21.5. The molecule has 2 unspecified atom stereocenters. The van der Waals surface area contributed by atoms with E-state index in [0.717, 1.165) is 25.5 Å². The second kappa shape index (κ2) is 7.40. The summed E-state index contributed by atoms with van der Waals surface area (Å²) in [5.74, 6) is 0.274. The Morgan fingerprint density at radius 2 is 1.63 bits per heavy atom. The Morgan fingerprint density at radius 3 is 2.04 bits per heavy atom. The quantitative estimate of drug-likeness (QED) is 0.542. The van der Waals surface area contributed by atoms with Crippen molar-refractivity contribution in [3.05, 3.63) is 0 Å². The number of likely N-dealkylation sites (tertiary alicyclic amines) is 1. The van der Waals surface area contributed by atoms with E-state index in [4.69, 9.17) is 4.74 Å². The number of rotatable bonds is 5. The molecule has 1 rings (SSSR count). The summed E-state index contributed by atoms with van der Waals surface area (Å²) < 4.78 is 5.76. The first-order valence-electron chi connectivity index (χ1n) is 10.4. The summed E-state index contributed by atoms with van der Waals surface area (Å²) in [6.07, 6.45) is 3.45. The molecule has 0 aromatic carbocycles. The molecule has 0 spiro atoms. The summed E-state index contributed by atoms with van der Waals surface area (Å²) in [7, 11) is 0. The van der Waals surface area contributed by atoms with Crippen LogP contribution >= 0.6 is 0 Å². The zero-order valence-electron chi connectivity index (χ0n) is 19.7. The smallest absolute Gasteiger partial charge is 0.410 e. The minimum atomic E-state index is -0.511. The summed E-state index contributed by atoms with van der Waals surface area (Å²) in [5, 5.41) is 0. The van der Waals surface area contributed by atoms with Crippen LogP contribution in [0.4, 0.5) is 4.79 Å². The maximum atomic E-state index is 13.1. The molecular formula is C23H43NO3. The Bertz CT molecular complexity index is 556. The molecule has 1 amide bonds. The van der Waals surface area contributed by atoms with Crippen LogP contribution in [-0.2, 0) is 9.53 Å². The number of carbonyl (C=O) groups excluding carboxylic acids is 2. The highest BCUT2D eigenvalue weighted by Crippen LogP contribution is 2.54. The van der Waals surface area contributed by atoms with Gasteiger partial charge in [0.25, 0.3) is 0 Å². The van der Waals surface area contributed by atoms with Crippen molar-refractivity contribution in [2.45, 2.75) is 107 Å². The molecular weight excluding hydrogens is 338 g/mol. The van der Waals surface area contributed by atoms with Crippen molar-refractivity contribution in [1.29, 1.82) is 0 Å². The molecule has 1 saturated heterocycles. The van der Waals surface area contributed by atoms with Crippen molar-refractivity contribution < 1.29 is 14.3 Å². The molecule has 0 aromatic heterocycles. The summed E-state index contributed by atoms with van der Waals surface area (Å²) in [6.45, 7) is 23.8. The standard InChI is InChI=1S/C23H43NO3/c1-12-23(11)15-22(9,10)17(21(7,8)14-20(5,6)16-25)13-24(23)18(26)27-19(2,3)4/h16-17H,12-15H2,1-11H3. The number of hydrogen-bond acceptors (Lipinski definition) is 3. The van der Waals surface area contributed by atoms with Crippen LogP contribution in [0.15, 0.2) is 0 Å². The molecule has 0 aromatic rings. The molecule has 2 atom stereocenters. The SMILES string of the molecule is CCC1(C)CC(C)(C)C(C(C)(C)CC(C)(C)C=O)CN1C(=O)OC(C)(C)C. The van der Waals surface area contributed by atoms with Gasteiger partial charge in [0.05, 0.1) is 0 Å². The molecule has 158 valence electrons. The minimum Gasteiger partial charge on any atom is -0.444 e. The Hall–Kier alpha value is -1.06. The van der Waals surface area contributed by atoms with Crippen LogP contribution in [0.25, 0.3) is 0 Å². The molecule has 4 nitrogen and oxygen atoms in total. The number of hydrogen-bond donors (Lipinski definition) is 0. The predicted octanol–water partition coefficient (Wildman–Crippen LogP) is 6.08. The average Bonchev–Trinajstić information content (AvgIpc) is 2.42. The van der Waals surface area contributed by atoms with Crippen molar-refractivity contribution >= 4 is 12.4 Å². The van der Waals surface area contributed by atoms with Gasteiger partial charge in [-0.1, -0.05) is 48.5 Å². The van der Waals surface area contributed by atoms with Gasteiger partial charge >= 0.3 is 6.09 Å². The predicted molar refractivity (Wildman–Crippen MR) is 112 cm³/mol. The topological polar surface area (TPSA) is 46.6 Å². The molecule has 1 aliphatic heterocycles. The number of amides is 1. The molecule has 27 heavy (non-hydrogen) atoms. The lowest BCUT2D eigenvalue weighted by atomic mass is 9.55. The molecule has 0 aliphatic carbocycles. The van der Waals surface area contributed by atoms with Gasteiger partial charge in [0.2, 0.25) is 0 Å². The lowest BCUT2D eigenvalue weighted by Gasteiger charge is -2.58. The van der Waals surface area contributed by atoms with E-state index < -0.39 is 5.60 Å². The van der Waals surface area contributed by atoms with Crippen molar-refractivity contribution in [2.75, 3.05) is 6.54 Å². The monoisotopic (exact) mass is 381 g/mol. The minimum absolute atomic E-state index is 0.0612. The summed E-state index contributed by atoms with van der Waals surface area (Å²) in [6, 6.07) is 0. The first kappa shape index (κ1) is 24.0. The molecule has 1 heterocycles. The number of carbonyl (C=O) groups is 2. The zero-order valence-corrected chi connectivity index (χ0v) is 19.7. The molecule has 1 fully saturated rings. The summed E-state index contributed by atoms with van der Waals surface area (Å²) >= 11 is 0. The lowest BCUT2D eigenvalue weighted by Crippen LogP contribution is -2.62. The first-order valence-corrected chi connectivity index (χ1v) is 10.4. The summed E-state index contributed by atoms with van der Waals surface area (Å²) in [4.78, 5) is 26.6. The fraction of sp³-hybridized carbons (Fsp3) is 0.913. The van der Waals surface area contributed by atoms with Crippen molar-refractivity contribution in [1.82, 2.24) is 4.90 Å². The third-order valence-electron chi connectivity index (χ3n) is 6.35. The van der Waals surface area contributed by atoms with Gasteiger partial charge in [0, 0.05) is 17.5 Å². The molecule has 0 N–H and O–H groups in total. The largest absolute Gasteiger partial charge is 0.444 e. The molecule has 1 aliphatic rings. The molecule has 0 bridgehead atoms. The van der Waals surface area contributed by atoms with E-state index in [1.54, 1.807) is 0 Å². The van der Waals surface area contributed by atoms with Crippen LogP contribution in [0.1, 0.15) is 95.4 Å². The summed E-state index contributed by atoms with van der Waals surface area (Å²) in [5.41, 5.74) is -1.13. The second-order valence-electron chi connectivity index (χ2n) is 11.9. The van der Waals surface area contributed by atoms with E-state index in [1.807, 2.05) is 39.5 Å². The second-order valence-corrected chi connectivity index (χ2v) is 11.9. The van der Waals surface area contributed by atoms with Crippen LogP contribution < -0.4 is 0 Å². The maximum Gasteiger partial charge on any atom is 0.410 e. The lowest BCUT2D eigenvalue weighted by molar-refractivity contribution is -0.121. The number of ether oxygens (including phenoxy) is 1. The highest BCUT2D eigenvalue weighted by molar-refractivity contribution is 5.69. The first-order chi connectivity index (χ1) is 11.9. The van der Waals surface area contributed by atoms with Gasteiger partial charge in [-0.2, -0.15) is 0 Å². The van der Waals surface area contributed by atoms with Crippen LogP contribution in [0, 0.1) is 22.2 Å². The average molecular weight is 382 g/mol. The van der Waals surface area contributed by atoms with Crippen LogP contribution in [-0.4, -0.2) is 35.0 Å². The number of aldehydes is 1. The Kier molecular flexibility index (Phi) is 6.57. The van der Waals surface area contributed by atoms with Crippen molar-refractivity contribution in [3.63, 3.8) is 0 Å². The van der Waals surface area contributed by atoms with Crippen LogP contribution in [0.2, 0.25) is 0 Å². The Labute approximate surface area is 167 Å². The Balaban J connectivity index is 3.27. The van der Waals surface area contributed by atoms with Crippen molar-refractivity contribution in [2.24, 2.45) is 22.2 Å². The highest BCUT2D eigenvalue weighted by Gasteiger charge is 2.53. The van der Waals surface area contributed by atoms with E-state index in [0.29, 0.717) is 6.54 Å². The Morgan fingerprint density at radius 1 is 1.11 bits per heavy atom. The molecule has 0 radical (unpaired) electrons. The van der Waals surface area contributed by atoms with Gasteiger partial charge in [-0.3, -0.25) is 0 Å². The number of piperidine rings is 1. The van der Waals surface area contributed by atoms with Gasteiger partial charge in [0.1, 0.15) is 11.9 Å². The van der Waals surface area contributed by atoms with E-state index in [-0.39, 0.29) is 33.8 Å². The third kappa shape index (κ3) is 5.71. The highest BCUT2D eigenvalue weighted by atomic mass is 16.6. The van der Waals surface area contributed by atoms with Crippen molar-refractivity contribution in [3.8, 4) is 0 Å². The van der Waals surface area contributed by atoms with E-state index in [9.17, 15) is 9.59 Å². The number of nitrogens with zero attached hydrogens (tertiary/aromatic N) is 1. The van der Waals surface area contributed by atoms with Gasteiger partial charge in [0.15, 0.2) is 0 Å². The normalized spacial score (nSPS) is 26.6. The van der Waals surface area contributed by atoms with Gasteiger partial charge in [-0.25, -0.2) is 4.79 Å². The molecule has 4 heteroatoms. The van der Waals surface area contributed by atoms with E-state index in [1.165, 1.54) is 0 Å². The fourth-order valence-corrected chi connectivity index (χ4v) is 5.42. The van der Waals surface area contributed by atoms with E-state index in [2.05, 4.69) is 41.5 Å². The third-order valence-corrected chi connectivity index (χ3v) is 6.35. The molecule has 0 saturated carbocycles. The van der Waals surface area contributed by atoms with Gasteiger partial charge < -0.3 is 14.4 Å². The maximum absolute atomic E-state index is 13.1. The van der Waals surface area contributed by atoms with Crippen LogP contribution in [0.5, 0.6) is 0 Å². The van der Waals surface area contributed by atoms with E-state index >= 15 is 0 Å². The fourth-order valence-electron chi connectivity index (χ4n) is 5.42. The van der Waals surface area contributed by atoms with Gasteiger partial charge in [-0.05, 0) is 63.7 Å². The van der Waals surface area contributed by atoms with Gasteiger partial charge in [-0.15, -0.1) is 0 Å².